The van der Waals surface area contributed by atoms with E-state index in [2.05, 4.69) is 4.74 Å². The number of alkyl halides is 3. The summed E-state index contributed by atoms with van der Waals surface area (Å²) in [7, 11) is 0. The first-order chi connectivity index (χ1) is 9.29. The molecule has 0 fully saturated rings. The van der Waals surface area contributed by atoms with Crippen LogP contribution in [-0.4, -0.2) is 31.1 Å². The summed E-state index contributed by atoms with van der Waals surface area (Å²) in [4.78, 5) is 0. The largest absolute Gasteiger partial charge is 0.493 e. The standard InChI is InChI=1S/C13H16F4O3/c1-9(18)11-4-3-10(14)7-12(11)20-6-2-5-19-8-13(15,16)17/h3-4,7,9,18H,2,5-6,8H2,1H3/t9-/m1/s1. The number of rotatable bonds is 7. The number of halogens is 4. The SMILES string of the molecule is C[C@@H](O)c1ccc(F)cc1OCCCOCC(F)(F)F. The van der Waals surface area contributed by atoms with Crippen molar-refractivity contribution in [3.63, 3.8) is 0 Å². The molecule has 1 aromatic rings. The maximum Gasteiger partial charge on any atom is 0.411 e. The van der Waals surface area contributed by atoms with E-state index in [-0.39, 0.29) is 25.4 Å². The molecule has 1 atom stereocenters. The lowest BCUT2D eigenvalue weighted by atomic mass is 10.1. The van der Waals surface area contributed by atoms with Crippen LogP contribution in [0.3, 0.4) is 0 Å². The minimum absolute atomic E-state index is 0.0705. The molecule has 0 aliphatic carbocycles. The molecule has 0 aliphatic heterocycles. The number of benzene rings is 1. The van der Waals surface area contributed by atoms with Crippen molar-refractivity contribution >= 4 is 0 Å². The van der Waals surface area contributed by atoms with E-state index in [0.717, 1.165) is 6.07 Å². The van der Waals surface area contributed by atoms with Gasteiger partial charge in [0.2, 0.25) is 0 Å². The van der Waals surface area contributed by atoms with Crippen LogP contribution in [0.5, 0.6) is 5.75 Å². The lowest BCUT2D eigenvalue weighted by molar-refractivity contribution is -0.174. The molecule has 1 aromatic carbocycles. The Balaban J connectivity index is 2.37. The highest BCUT2D eigenvalue weighted by Crippen LogP contribution is 2.26. The fourth-order valence-corrected chi connectivity index (χ4v) is 1.51. The third kappa shape index (κ3) is 6.21. The second-order valence-corrected chi connectivity index (χ2v) is 4.23. The monoisotopic (exact) mass is 296 g/mol. The zero-order valence-corrected chi connectivity index (χ0v) is 10.9. The van der Waals surface area contributed by atoms with Crippen molar-refractivity contribution in [3.8, 4) is 5.75 Å². The van der Waals surface area contributed by atoms with Crippen LogP contribution in [0.15, 0.2) is 18.2 Å². The average Bonchev–Trinajstić information content (AvgIpc) is 2.32. The van der Waals surface area contributed by atoms with E-state index in [9.17, 15) is 22.7 Å². The number of aliphatic hydroxyl groups excluding tert-OH is 1. The van der Waals surface area contributed by atoms with E-state index in [0.29, 0.717) is 5.56 Å². The van der Waals surface area contributed by atoms with E-state index in [1.165, 1.54) is 19.1 Å². The predicted molar refractivity (Wildman–Crippen MR) is 64.0 cm³/mol. The van der Waals surface area contributed by atoms with E-state index in [1.807, 2.05) is 0 Å². The average molecular weight is 296 g/mol. The van der Waals surface area contributed by atoms with Gasteiger partial charge in [-0.25, -0.2) is 4.39 Å². The van der Waals surface area contributed by atoms with Crippen molar-refractivity contribution in [1.82, 2.24) is 0 Å². The summed E-state index contributed by atoms with van der Waals surface area (Å²) in [5.74, 6) is -0.339. The Morgan fingerprint density at radius 3 is 2.55 bits per heavy atom. The second kappa shape index (κ2) is 7.44. The van der Waals surface area contributed by atoms with Crippen molar-refractivity contribution in [3.05, 3.63) is 29.6 Å². The van der Waals surface area contributed by atoms with Gasteiger partial charge in [-0.15, -0.1) is 0 Å². The van der Waals surface area contributed by atoms with Crippen molar-refractivity contribution < 1.29 is 32.1 Å². The summed E-state index contributed by atoms with van der Waals surface area (Å²) in [5.41, 5.74) is 0.419. The molecule has 0 bridgehead atoms. The van der Waals surface area contributed by atoms with Crippen LogP contribution < -0.4 is 4.74 Å². The second-order valence-electron chi connectivity index (χ2n) is 4.23. The van der Waals surface area contributed by atoms with Crippen LogP contribution in [0.1, 0.15) is 25.0 Å². The molecule has 3 nitrogen and oxygen atoms in total. The molecule has 0 spiro atoms. The molecule has 0 heterocycles. The summed E-state index contributed by atoms with van der Waals surface area (Å²) in [6.45, 7) is 0.165. The fourth-order valence-electron chi connectivity index (χ4n) is 1.51. The highest BCUT2D eigenvalue weighted by atomic mass is 19.4. The molecular weight excluding hydrogens is 280 g/mol. The Morgan fingerprint density at radius 2 is 1.95 bits per heavy atom. The lowest BCUT2D eigenvalue weighted by Gasteiger charge is -2.13. The van der Waals surface area contributed by atoms with Gasteiger partial charge < -0.3 is 14.6 Å². The molecule has 114 valence electrons. The van der Waals surface area contributed by atoms with E-state index in [4.69, 9.17) is 4.74 Å². The molecule has 1 rings (SSSR count). The molecular formula is C13H16F4O3. The Morgan fingerprint density at radius 1 is 1.25 bits per heavy atom. The minimum atomic E-state index is -4.34. The van der Waals surface area contributed by atoms with Crippen molar-refractivity contribution in [2.45, 2.75) is 25.6 Å². The van der Waals surface area contributed by atoms with Gasteiger partial charge in [-0.1, -0.05) is 0 Å². The first-order valence-corrected chi connectivity index (χ1v) is 6.04. The van der Waals surface area contributed by atoms with Gasteiger partial charge in [0, 0.05) is 18.1 Å². The van der Waals surface area contributed by atoms with Crippen LogP contribution in [0.25, 0.3) is 0 Å². The Hall–Kier alpha value is -1.34. The maximum atomic E-state index is 13.1. The van der Waals surface area contributed by atoms with Crippen molar-refractivity contribution in [1.29, 1.82) is 0 Å². The number of ether oxygens (including phenoxy) is 2. The molecule has 0 saturated carbocycles. The summed E-state index contributed by atoms with van der Waals surface area (Å²) in [6, 6.07) is 3.72. The number of aliphatic hydroxyl groups is 1. The minimum Gasteiger partial charge on any atom is -0.493 e. The smallest absolute Gasteiger partial charge is 0.411 e. The van der Waals surface area contributed by atoms with Gasteiger partial charge in [0.25, 0.3) is 0 Å². The Labute approximate surface area is 114 Å². The molecule has 0 unspecified atom stereocenters. The zero-order chi connectivity index (χ0) is 15.2. The van der Waals surface area contributed by atoms with Gasteiger partial charge in [0.15, 0.2) is 0 Å². The van der Waals surface area contributed by atoms with Crippen LogP contribution in [0.4, 0.5) is 17.6 Å². The van der Waals surface area contributed by atoms with Gasteiger partial charge in [-0.3, -0.25) is 0 Å². The highest BCUT2D eigenvalue weighted by Gasteiger charge is 2.27. The highest BCUT2D eigenvalue weighted by molar-refractivity contribution is 5.35. The fraction of sp³-hybridized carbons (Fsp3) is 0.538. The molecule has 20 heavy (non-hydrogen) atoms. The van der Waals surface area contributed by atoms with Gasteiger partial charge in [-0.2, -0.15) is 13.2 Å². The zero-order valence-electron chi connectivity index (χ0n) is 10.9. The summed E-state index contributed by atoms with van der Waals surface area (Å²) < 4.78 is 58.1. The van der Waals surface area contributed by atoms with Crippen molar-refractivity contribution in [2.75, 3.05) is 19.8 Å². The molecule has 0 saturated heterocycles. The Bertz CT molecular complexity index is 419. The normalized spacial score (nSPS) is 13.3. The quantitative estimate of drug-likeness (QED) is 0.620. The molecule has 0 amide bonds. The van der Waals surface area contributed by atoms with E-state index in [1.54, 1.807) is 0 Å². The van der Waals surface area contributed by atoms with Gasteiger partial charge in [-0.05, 0) is 19.1 Å². The summed E-state index contributed by atoms with van der Waals surface area (Å²) in [5, 5.41) is 9.47. The third-order valence-electron chi connectivity index (χ3n) is 2.38. The molecule has 0 radical (unpaired) electrons. The predicted octanol–water partition coefficient (Wildman–Crippen LogP) is 3.23. The van der Waals surface area contributed by atoms with Crippen LogP contribution in [0, 0.1) is 5.82 Å². The van der Waals surface area contributed by atoms with Gasteiger partial charge in [0.05, 0.1) is 19.3 Å². The van der Waals surface area contributed by atoms with Crippen molar-refractivity contribution in [2.24, 2.45) is 0 Å². The van der Waals surface area contributed by atoms with E-state index >= 15 is 0 Å². The summed E-state index contributed by atoms with van der Waals surface area (Å²) >= 11 is 0. The third-order valence-corrected chi connectivity index (χ3v) is 2.38. The first-order valence-electron chi connectivity index (χ1n) is 6.04. The van der Waals surface area contributed by atoms with Crippen LogP contribution in [-0.2, 0) is 4.74 Å². The number of hydrogen-bond acceptors (Lipinski definition) is 3. The molecule has 0 aromatic heterocycles. The number of hydrogen-bond donors (Lipinski definition) is 1. The lowest BCUT2D eigenvalue weighted by Crippen LogP contribution is -2.18. The van der Waals surface area contributed by atoms with Gasteiger partial charge >= 0.3 is 6.18 Å². The Kier molecular flexibility index (Phi) is 6.22. The van der Waals surface area contributed by atoms with Crippen LogP contribution >= 0.6 is 0 Å². The first kappa shape index (κ1) is 16.7. The van der Waals surface area contributed by atoms with Crippen LogP contribution in [0.2, 0.25) is 0 Å². The topological polar surface area (TPSA) is 38.7 Å². The van der Waals surface area contributed by atoms with E-state index < -0.39 is 24.7 Å². The summed E-state index contributed by atoms with van der Waals surface area (Å²) in [6.07, 6.45) is -4.94. The molecule has 1 N–H and O–H groups in total. The molecule has 0 aliphatic rings. The molecule has 7 heteroatoms. The van der Waals surface area contributed by atoms with Gasteiger partial charge in [0.1, 0.15) is 18.2 Å². The maximum absolute atomic E-state index is 13.1.